The summed E-state index contributed by atoms with van der Waals surface area (Å²) in [5, 5.41) is 9.47. The summed E-state index contributed by atoms with van der Waals surface area (Å²) in [6.45, 7) is 3.60. The number of aliphatic hydroxyl groups is 1. The van der Waals surface area contributed by atoms with Crippen LogP contribution in [0, 0.1) is 6.92 Å². The van der Waals surface area contributed by atoms with Gasteiger partial charge in [-0.2, -0.15) is 0 Å². The van der Waals surface area contributed by atoms with E-state index in [1.807, 2.05) is 29.7 Å². The molecule has 2 rings (SSSR count). The fourth-order valence-electron chi connectivity index (χ4n) is 2.02. The largest absolute Gasteiger partial charge is 0.464 e. The van der Waals surface area contributed by atoms with Crippen molar-refractivity contribution in [2.24, 2.45) is 0 Å². The molecule has 0 fully saturated rings. The Hall–Kier alpha value is -1.88. The molecule has 1 unspecified atom stereocenters. The van der Waals surface area contributed by atoms with Crippen molar-refractivity contribution in [3.05, 3.63) is 35.4 Å². The van der Waals surface area contributed by atoms with Crippen LogP contribution < -0.4 is 0 Å². The van der Waals surface area contributed by atoms with E-state index in [2.05, 4.69) is 4.98 Å². The van der Waals surface area contributed by atoms with E-state index in [-0.39, 0.29) is 0 Å². The Morgan fingerprint density at radius 1 is 1.61 bits per heavy atom. The minimum Gasteiger partial charge on any atom is -0.464 e. The van der Waals surface area contributed by atoms with Gasteiger partial charge in [0.05, 0.1) is 18.7 Å². The van der Waals surface area contributed by atoms with Gasteiger partial charge in [0.25, 0.3) is 0 Å². The van der Waals surface area contributed by atoms with Crippen LogP contribution in [-0.4, -0.2) is 33.7 Å². The van der Waals surface area contributed by atoms with Crippen LogP contribution in [0.4, 0.5) is 0 Å². The number of methoxy groups -OCH3 is 1. The summed E-state index contributed by atoms with van der Waals surface area (Å²) in [5.74, 6) is 0.197. The molecule has 5 nitrogen and oxygen atoms in total. The summed E-state index contributed by atoms with van der Waals surface area (Å²) in [7, 11) is 1.33. The zero-order valence-electron chi connectivity index (χ0n) is 10.7. The molecule has 0 aliphatic carbocycles. The van der Waals surface area contributed by atoms with E-state index >= 15 is 0 Å². The number of hydrogen-bond acceptors (Lipinski definition) is 4. The Morgan fingerprint density at radius 3 is 2.94 bits per heavy atom. The molecule has 96 valence electrons. The van der Waals surface area contributed by atoms with Gasteiger partial charge in [0.1, 0.15) is 5.82 Å². The SMILES string of the molecule is COC(=O)c1nc(CC(C)O)n2cccc(C)c12. The smallest absolute Gasteiger partial charge is 0.358 e. The molecule has 2 heterocycles. The lowest BCUT2D eigenvalue weighted by Gasteiger charge is -2.04. The molecule has 0 radical (unpaired) electrons. The summed E-state index contributed by atoms with van der Waals surface area (Å²) in [4.78, 5) is 16.0. The molecule has 0 aliphatic rings. The number of aromatic nitrogens is 2. The molecule has 0 aromatic carbocycles. The monoisotopic (exact) mass is 248 g/mol. The maximum atomic E-state index is 11.7. The molecular weight excluding hydrogens is 232 g/mol. The van der Waals surface area contributed by atoms with Crippen molar-refractivity contribution in [1.29, 1.82) is 0 Å². The standard InChI is InChI=1S/C13H16N2O3/c1-8-5-4-6-15-10(7-9(2)16)14-11(12(8)15)13(17)18-3/h4-6,9,16H,7H2,1-3H3. The number of carbonyl (C=O) groups excluding carboxylic acids is 1. The Kier molecular flexibility index (Phi) is 3.34. The van der Waals surface area contributed by atoms with Gasteiger partial charge in [0, 0.05) is 12.6 Å². The number of ether oxygens (including phenoxy) is 1. The lowest BCUT2D eigenvalue weighted by molar-refractivity contribution is 0.0596. The molecule has 2 aromatic rings. The summed E-state index contributed by atoms with van der Waals surface area (Å²) < 4.78 is 6.57. The molecule has 5 heteroatoms. The predicted molar refractivity (Wildman–Crippen MR) is 66.7 cm³/mol. The van der Waals surface area contributed by atoms with E-state index < -0.39 is 12.1 Å². The molecule has 1 N–H and O–H groups in total. The van der Waals surface area contributed by atoms with Gasteiger partial charge in [-0.15, -0.1) is 0 Å². The number of aliphatic hydroxyl groups excluding tert-OH is 1. The Labute approximate surface area is 105 Å². The van der Waals surface area contributed by atoms with Crippen LogP contribution in [0.3, 0.4) is 0 Å². The molecule has 0 spiro atoms. The van der Waals surface area contributed by atoms with Gasteiger partial charge >= 0.3 is 5.97 Å². The first kappa shape index (κ1) is 12.6. The first-order valence-corrected chi connectivity index (χ1v) is 5.77. The quantitative estimate of drug-likeness (QED) is 0.833. The van der Waals surface area contributed by atoms with Crippen molar-refractivity contribution in [3.8, 4) is 0 Å². The van der Waals surface area contributed by atoms with Gasteiger partial charge in [-0.1, -0.05) is 6.07 Å². The Morgan fingerprint density at radius 2 is 2.33 bits per heavy atom. The van der Waals surface area contributed by atoms with Crippen molar-refractivity contribution in [3.63, 3.8) is 0 Å². The Balaban J connectivity index is 2.67. The molecule has 0 saturated heterocycles. The number of imidazole rings is 1. The molecule has 0 amide bonds. The topological polar surface area (TPSA) is 63.8 Å². The average molecular weight is 248 g/mol. The molecule has 0 aliphatic heterocycles. The third-order valence-corrected chi connectivity index (χ3v) is 2.80. The van der Waals surface area contributed by atoms with Crippen molar-refractivity contribution >= 4 is 11.5 Å². The Bertz CT molecular complexity index is 587. The van der Waals surface area contributed by atoms with Gasteiger partial charge in [-0.3, -0.25) is 0 Å². The third kappa shape index (κ3) is 2.09. The normalized spacial score (nSPS) is 12.7. The fraction of sp³-hybridized carbons (Fsp3) is 0.385. The van der Waals surface area contributed by atoms with Crippen molar-refractivity contribution in [2.75, 3.05) is 7.11 Å². The highest BCUT2D eigenvalue weighted by Gasteiger charge is 2.19. The summed E-state index contributed by atoms with van der Waals surface area (Å²) in [6, 6.07) is 3.80. The highest BCUT2D eigenvalue weighted by Crippen LogP contribution is 2.19. The van der Waals surface area contributed by atoms with Gasteiger partial charge in [-0.05, 0) is 25.5 Å². The number of hydrogen-bond donors (Lipinski definition) is 1. The van der Waals surface area contributed by atoms with Crippen molar-refractivity contribution in [1.82, 2.24) is 9.38 Å². The zero-order chi connectivity index (χ0) is 13.3. The summed E-state index contributed by atoms with van der Waals surface area (Å²) >= 11 is 0. The van der Waals surface area contributed by atoms with E-state index in [1.54, 1.807) is 6.92 Å². The van der Waals surface area contributed by atoms with Crippen LogP contribution in [0.15, 0.2) is 18.3 Å². The van der Waals surface area contributed by atoms with Crippen LogP contribution in [0.25, 0.3) is 5.52 Å². The van der Waals surface area contributed by atoms with E-state index in [0.29, 0.717) is 17.9 Å². The predicted octanol–water partition coefficient (Wildman–Crippen LogP) is 1.35. The van der Waals surface area contributed by atoms with Crippen molar-refractivity contribution in [2.45, 2.75) is 26.4 Å². The zero-order valence-corrected chi connectivity index (χ0v) is 10.7. The second-order valence-corrected chi connectivity index (χ2v) is 4.33. The molecule has 0 saturated carbocycles. The molecule has 2 aromatic heterocycles. The summed E-state index contributed by atoms with van der Waals surface area (Å²) in [5.41, 5.74) is 1.98. The second kappa shape index (κ2) is 4.78. The van der Waals surface area contributed by atoms with Gasteiger partial charge in [-0.25, -0.2) is 9.78 Å². The van der Waals surface area contributed by atoms with Crippen LogP contribution in [0.2, 0.25) is 0 Å². The van der Waals surface area contributed by atoms with E-state index in [0.717, 1.165) is 11.1 Å². The number of aryl methyl sites for hydroxylation is 1. The van der Waals surface area contributed by atoms with Crippen LogP contribution in [-0.2, 0) is 11.2 Å². The number of rotatable bonds is 3. The third-order valence-electron chi connectivity index (χ3n) is 2.80. The molecule has 18 heavy (non-hydrogen) atoms. The van der Waals surface area contributed by atoms with Crippen LogP contribution in [0.5, 0.6) is 0 Å². The number of pyridine rings is 1. The number of fused-ring (bicyclic) bond motifs is 1. The minimum atomic E-state index is -0.512. The first-order valence-electron chi connectivity index (χ1n) is 5.77. The average Bonchev–Trinajstić information content (AvgIpc) is 2.68. The highest BCUT2D eigenvalue weighted by molar-refractivity contribution is 5.96. The molecular formula is C13H16N2O3. The number of esters is 1. The first-order chi connectivity index (χ1) is 8.54. The lowest BCUT2D eigenvalue weighted by Crippen LogP contribution is -2.08. The second-order valence-electron chi connectivity index (χ2n) is 4.33. The van der Waals surface area contributed by atoms with Crippen molar-refractivity contribution < 1.29 is 14.6 Å². The van der Waals surface area contributed by atoms with Crippen LogP contribution in [0.1, 0.15) is 28.8 Å². The number of nitrogens with zero attached hydrogens (tertiary/aromatic N) is 2. The maximum absolute atomic E-state index is 11.7. The lowest BCUT2D eigenvalue weighted by atomic mass is 10.2. The minimum absolute atomic E-state index is 0.297. The van der Waals surface area contributed by atoms with E-state index in [9.17, 15) is 9.90 Å². The van der Waals surface area contributed by atoms with Gasteiger partial charge in [0.2, 0.25) is 0 Å². The van der Waals surface area contributed by atoms with Gasteiger partial charge < -0.3 is 14.2 Å². The fourth-order valence-corrected chi connectivity index (χ4v) is 2.02. The van der Waals surface area contributed by atoms with Crippen LogP contribution >= 0.6 is 0 Å². The molecule has 0 bridgehead atoms. The van der Waals surface area contributed by atoms with Gasteiger partial charge in [0.15, 0.2) is 5.69 Å². The molecule has 1 atom stereocenters. The summed E-state index contributed by atoms with van der Waals surface area (Å²) in [6.07, 6.45) is 1.71. The highest BCUT2D eigenvalue weighted by atomic mass is 16.5. The van der Waals surface area contributed by atoms with E-state index in [1.165, 1.54) is 7.11 Å². The van der Waals surface area contributed by atoms with E-state index in [4.69, 9.17) is 4.74 Å². The maximum Gasteiger partial charge on any atom is 0.358 e. The number of carbonyl (C=O) groups is 1.